The second-order valence-corrected chi connectivity index (χ2v) is 6.89. The third-order valence-electron chi connectivity index (χ3n) is 2.75. The monoisotopic (exact) mass is 258 g/mol. The van der Waals surface area contributed by atoms with Gasteiger partial charge in [-0.15, -0.1) is 0 Å². The van der Waals surface area contributed by atoms with Crippen molar-refractivity contribution in [3.63, 3.8) is 0 Å². The lowest BCUT2D eigenvalue weighted by molar-refractivity contribution is -0.112. The molecule has 0 rings (SSSR count). The average molecular weight is 258 g/mol. The van der Waals surface area contributed by atoms with E-state index in [1.165, 1.54) is 19.3 Å². The van der Waals surface area contributed by atoms with E-state index in [1.54, 1.807) is 0 Å². The first-order valence-electron chi connectivity index (χ1n) is 7.24. The lowest BCUT2D eigenvalue weighted by Crippen LogP contribution is -2.23. The molecule has 0 aliphatic carbocycles. The number of rotatable bonds is 13. The van der Waals surface area contributed by atoms with Gasteiger partial charge in [-0.2, -0.15) is 0 Å². The van der Waals surface area contributed by atoms with Crippen molar-refractivity contribution in [1.29, 1.82) is 0 Å². The summed E-state index contributed by atoms with van der Waals surface area (Å²) in [7, 11) is -0.387. The third-order valence-corrected chi connectivity index (χ3v) is 4.16. The summed E-state index contributed by atoms with van der Waals surface area (Å²) >= 11 is 0. The van der Waals surface area contributed by atoms with Gasteiger partial charge in [-0.05, 0) is 45.4 Å². The largest absolute Gasteiger partial charge is 0.317 e. The molecule has 0 aromatic heterocycles. The van der Waals surface area contributed by atoms with E-state index in [9.17, 15) is 4.79 Å². The molecule has 2 N–H and O–H groups in total. The Hall–Kier alpha value is -0.193. The molecule has 0 aliphatic heterocycles. The molecule has 0 unspecified atom stereocenters. The molecule has 102 valence electrons. The van der Waals surface area contributed by atoms with Gasteiger partial charge < -0.3 is 15.4 Å². The Morgan fingerprint density at radius 3 is 2.12 bits per heavy atom. The fourth-order valence-corrected chi connectivity index (χ4v) is 2.76. The smallest absolute Gasteiger partial charge is 0.104 e. The first-order valence-corrected chi connectivity index (χ1v) is 8.95. The molecule has 0 amide bonds. The molecule has 0 bridgehead atoms. The van der Waals surface area contributed by atoms with Crippen molar-refractivity contribution in [2.45, 2.75) is 52.0 Å². The van der Waals surface area contributed by atoms with Crippen molar-refractivity contribution in [3.05, 3.63) is 0 Å². The summed E-state index contributed by atoms with van der Waals surface area (Å²) in [6.07, 6.45) is 5.55. The molecule has 3 nitrogen and oxygen atoms in total. The van der Waals surface area contributed by atoms with Crippen molar-refractivity contribution in [2.75, 3.05) is 26.2 Å². The third kappa shape index (κ3) is 13.7. The van der Waals surface area contributed by atoms with Crippen LogP contribution in [0.1, 0.15) is 46.0 Å². The zero-order chi connectivity index (χ0) is 12.8. The minimum Gasteiger partial charge on any atom is -0.317 e. The van der Waals surface area contributed by atoms with Crippen molar-refractivity contribution in [3.8, 4) is 0 Å². The van der Waals surface area contributed by atoms with E-state index in [-0.39, 0.29) is 9.52 Å². The van der Waals surface area contributed by atoms with E-state index < -0.39 is 0 Å². The zero-order valence-electron chi connectivity index (χ0n) is 11.7. The molecular weight excluding hydrogens is 228 g/mol. The molecule has 0 atom stereocenters. The molecule has 0 aliphatic rings. The van der Waals surface area contributed by atoms with Crippen LogP contribution in [0.25, 0.3) is 0 Å². The summed E-state index contributed by atoms with van der Waals surface area (Å²) in [5.41, 5.74) is 0. The Bertz CT molecular complexity index is 177. The Morgan fingerprint density at radius 1 is 0.941 bits per heavy atom. The van der Waals surface area contributed by atoms with Crippen LogP contribution in [0.2, 0.25) is 6.04 Å². The second-order valence-electron chi connectivity index (χ2n) is 4.60. The lowest BCUT2D eigenvalue weighted by atomic mass is 10.3. The number of unbranched alkanes of at least 4 members (excludes halogenated alkanes) is 1. The quantitative estimate of drug-likeness (QED) is 0.386. The van der Waals surface area contributed by atoms with Gasteiger partial charge in [0, 0.05) is 6.42 Å². The fourth-order valence-electron chi connectivity index (χ4n) is 1.70. The first kappa shape index (κ1) is 16.8. The Balaban J connectivity index is 3.01. The molecule has 4 heteroatoms. The molecule has 0 spiro atoms. The number of hydrogen-bond acceptors (Lipinski definition) is 3. The molecule has 17 heavy (non-hydrogen) atoms. The zero-order valence-corrected chi connectivity index (χ0v) is 13.1. The molecule has 0 heterocycles. The van der Waals surface area contributed by atoms with Crippen LogP contribution >= 0.6 is 0 Å². The summed E-state index contributed by atoms with van der Waals surface area (Å²) in [5.74, 6) is 0. The number of carbonyl (C=O) groups is 1. The van der Waals surface area contributed by atoms with Crippen molar-refractivity contribution in [1.82, 2.24) is 10.6 Å². The summed E-state index contributed by atoms with van der Waals surface area (Å²) in [5, 5.41) is 7.37. The highest BCUT2D eigenvalue weighted by Crippen LogP contribution is 1.90. The highest BCUT2D eigenvalue weighted by atomic mass is 28.2. The first-order chi connectivity index (χ1) is 8.31. The van der Waals surface area contributed by atoms with Gasteiger partial charge in [-0.3, -0.25) is 0 Å². The predicted octanol–water partition coefficient (Wildman–Crippen LogP) is 1.27. The van der Waals surface area contributed by atoms with Crippen LogP contribution in [-0.2, 0) is 4.79 Å². The van der Waals surface area contributed by atoms with Crippen LogP contribution < -0.4 is 10.6 Å². The summed E-state index contributed by atoms with van der Waals surface area (Å²) < 4.78 is 0. The highest BCUT2D eigenvalue weighted by molar-refractivity contribution is 6.73. The maximum atomic E-state index is 11.3. The van der Waals surface area contributed by atoms with Crippen LogP contribution in [0.5, 0.6) is 0 Å². The predicted molar refractivity (Wildman–Crippen MR) is 78.5 cm³/mol. The van der Waals surface area contributed by atoms with Crippen LogP contribution in [0.3, 0.4) is 0 Å². The maximum Gasteiger partial charge on any atom is 0.104 e. The Morgan fingerprint density at radius 2 is 1.53 bits per heavy atom. The van der Waals surface area contributed by atoms with Crippen LogP contribution in [0.4, 0.5) is 0 Å². The molecule has 0 aromatic rings. The van der Waals surface area contributed by atoms with Gasteiger partial charge in [0.2, 0.25) is 0 Å². The SMILES string of the molecule is CCCCNCCCNCCCC(=O)[SiH2]CC. The molecule has 0 saturated carbocycles. The van der Waals surface area contributed by atoms with Crippen molar-refractivity contribution >= 4 is 14.9 Å². The van der Waals surface area contributed by atoms with Gasteiger partial charge >= 0.3 is 0 Å². The number of nitrogens with one attached hydrogen (secondary N) is 2. The molecular formula is C13H30N2OSi. The highest BCUT2D eigenvalue weighted by Gasteiger charge is 1.99. The van der Waals surface area contributed by atoms with E-state index in [2.05, 4.69) is 24.5 Å². The molecule has 0 aromatic carbocycles. The van der Waals surface area contributed by atoms with Crippen molar-refractivity contribution in [2.24, 2.45) is 0 Å². The minimum absolute atomic E-state index is 0.387. The number of carbonyl (C=O) groups excluding carboxylic acids is 1. The van der Waals surface area contributed by atoms with E-state index in [0.29, 0.717) is 5.41 Å². The van der Waals surface area contributed by atoms with Crippen molar-refractivity contribution < 1.29 is 4.79 Å². The lowest BCUT2D eigenvalue weighted by Gasteiger charge is -2.05. The average Bonchev–Trinajstić information content (AvgIpc) is 2.32. The van der Waals surface area contributed by atoms with Gasteiger partial charge in [0.05, 0.1) is 0 Å². The Kier molecular flexibility index (Phi) is 13.7. The maximum absolute atomic E-state index is 11.3. The van der Waals surface area contributed by atoms with E-state index in [0.717, 1.165) is 45.1 Å². The second kappa shape index (κ2) is 13.9. The van der Waals surface area contributed by atoms with Crippen LogP contribution in [0.15, 0.2) is 0 Å². The topological polar surface area (TPSA) is 41.1 Å². The summed E-state index contributed by atoms with van der Waals surface area (Å²) in [6.45, 7) is 8.65. The van der Waals surface area contributed by atoms with Gasteiger partial charge in [-0.25, -0.2) is 0 Å². The molecule has 0 fully saturated rings. The molecule has 0 saturated heterocycles. The van der Waals surface area contributed by atoms with Gasteiger partial charge in [0.15, 0.2) is 0 Å². The Labute approximate surface area is 109 Å². The van der Waals surface area contributed by atoms with Gasteiger partial charge in [-0.1, -0.05) is 26.3 Å². The number of hydrogen-bond donors (Lipinski definition) is 2. The fraction of sp³-hybridized carbons (Fsp3) is 0.923. The summed E-state index contributed by atoms with van der Waals surface area (Å²) in [6, 6.07) is 1.12. The van der Waals surface area contributed by atoms with E-state index in [4.69, 9.17) is 0 Å². The van der Waals surface area contributed by atoms with Crippen LogP contribution in [-0.4, -0.2) is 41.1 Å². The minimum atomic E-state index is -0.387. The summed E-state index contributed by atoms with van der Waals surface area (Å²) in [4.78, 5) is 11.3. The normalized spacial score (nSPS) is 11.4. The van der Waals surface area contributed by atoms with Gasteiger partial charge in [0.25, 0.3) is 0 Å². The van der Waals surface area contributed by atoms with E-state index >= 15 is 0 Å². The molecule has 0 radical (unpaired) electrons. The van der Waals surface area contributed by atoms with E-state index in [1.807, 2.05) is 0 Å². The van der Waals surface area contributed by atoms with Crippen LogP contribution in [0, 0.1) is 0 Å². The van der Waals surface area contributed by atoms with Gasteiger partial charge in [0.1, 0.15) is 14.9 Å². The standard InChI is InChI=1S/C13H30N2OSi/c1-3-5-9-14-11-7-12-15-10-6-8-13(16)17-4-2/h14-15H,3-12,17H2,1-2H3.